The van der Waals surface area contributed by atoms with Crippen LogP contribution in [0.3, 0.4) is 0 Å². The third kappa shape index (κ3) is 3.34. The first-order valence-electron chi connectivity index (χ1n) is 8.95. The third-order valence-electron chi connectivity index (χ3n) is 4.35. The summed E-state index contributed by atoms with van der Waals surface area (Å²) in [5.41, 5.74) is 2.23. The van der Waals surface area contributed by atoms with Crippen molar-refractivity contribution in [1.29, 1.82) is 0 Å². The lowest BCUT2D eigenvalue weighted by atomic mass is 10.2. The Kier molecular flexibility index (Phi) is 4.45. The molecular formula is C21H15N5O2S. The van der Waals surface area contributed by atoms with Gasteiger partial charge in [-0.15, -0.1) is 10.2 Å². The molecule has 2 aromatic carbocycles. The number of carbonyl (C=O) groups excluding carboxylic acids is 1. The van der Waals surface area contributed by atoms with E-state index in [1.165, 1.54) is 11.8 Å². The van der Waals surface area contributed by atoms with Crippen LogP contribution in [0, 0.1) is 0 Å². The summed E-state index contributed by atoms with van der Waals surface area (Å²) in [5, 5.41) is 13.0. The molecule has 0 bridgehead atoms. The first-order chi connectivity index (χ1) is 14.3. The molecule has 29 heavy (non-hydrogen) atoms. The summed E-state index contributed by atoms with van der Waals surface area (Å²) in [5.74, 6) is 1.28. The highest BCUT2D eigenvalue weighted by Crippen LogP contribution is 2.29. The number of hydrogen-bond donors (Lipinski definition) is 1. The highest BCUT2D eigenvalue weighted by molar-refractivity contribution is 7.99. The predicted octanol–water partition coefficient (Wildman–Crippen LogP) is 4.27. The van der Waals surface area contributed by atoms with Crippen LogP contribution in [0.5, 0.6) is 0 Å². The lowest BCUT2D eigenvalue weighted by Crippen LogP contribution is -2.14. The number of hydrogen-bond acceptors (Lipinski definition) is 6. The molecule has 1 N–H and O–H groups in total. The van der Waals surface area contributed by atoms with Crippen LogP contribution in [0.4, 0.5) is 5.69 Å². The fraction of sp³-hybridized carbons (Fsp3) is 0.0476. The topological polar surface area (TPSA) is 85.3 Å². The third-order valence-corrected chi connectivity index (χ3v) is 5.28. The van der Waals surface area contributed by atoms with Crippen LogP contribution in [-0.2, 0) is 4.79 Å². The second kappa shape index (κ2) is 7.40. The molecule has 0 aliphatic heterocycles. The van der Waals surface area contributed by atoms with E-state index in [1.54, 1.807) is 6.26 Å². The number of nitrogens with one attached hydrogen (secondary N) is 1. The molecule has 0 aliphatic rings. The number of fused-ring (bicyclic) bond motifs is 3. The van der Waals surface area contributed by atoms with Gasteiger partial charge in [-0.3, -0.25) is 9.20 Å². The van der Waals surface area contributed by atoms with Crippen LogP contribution in [0.25, 0.3) is 28.1 Å². The average molecular weight is 401 g/mol. The normalized spacial score (nSPS) is 11.2. The molecule has 8 heteroatoms. The number of furan rings is 1. The van der Waals surface area contributed by atoms with Crippen molar-refractivity contribution in [3.8, 4) is 11.6 Å². The van der Waals surface area contributed by atoms with Gasteiger partial charge in [0.05, 0.1) is 17.5 Å². The molecule has 0 atom stereocenters. The maximum Gasteiger partial charge on any atom is 0.234 e. The van der Waals surface area contributed by atoms with E-state index in [4.69, 9.17) is 9.40 Å². The predicted molar refractivity (Wildman–Crippen MR) is 112 cm³/mol. The number of carbonyl (C=O) groups is 1. The maximum absolute atomic E-state index is 12.3. The van der Waals surface area contributed by atoms with Gasteiger partial charge in [0, 0.05) is 11.1 Å². The second-order valence-electron chi connectivity index (χ2n) is 6.27. The Morgan fingerprint density at radius 2 is 1.83 bits per heavy atom. The Morgan fingerprint density at radius 1 is 1.00 bits per heavy atom. The van der Waals surface area contributed by atoms with Crippen molar-refractivity contribution in [2.24, 2.45) is 0 Å². The number of nitrogens with zero attached hydrogens (tertiary/aromatic N) is 4. The lowest BCUT2D eigenvalue weighted by molar-refractivity contribution is -0.113. The highest BCUT2D eigenvalue weighted by atomic mass is 32.2. The van der Waals surface area contributed by atoms with Crippen LogP contribution < -0.4 is 5.32 Å². The van der Waals surface area contributed by atoms with Gasteiger partial charge >= 0.3 is 0 Å². The molecule has 0 spiro atoms. The zero-order valence-electron chi connectivity index (χ0n) is 15.1. The van der Waals surface area contributed by atoms with Gasteiger partial charge in [0.25, 0.3) is 0 Å². The molecule has 3 heterocycles. The molecule has 0 radical (unpaired) electrons. The molecule has 0 fully saturated rings. The fourth-order valence-electron chi connectivity index (χ4n) is 3.07. The van der Waals surface area contributed by atoms with Gasteiger partial charge in [-0.25, -0.2) is 4.98 Å². The van der Waals surface area contributed by atoms with Gasteiger partial charge < -0.3 is 9.73 Å². The Balaban J connectivity index is 1.51. The summed E-state index contributed by atoms with van der Waals surface area (Å²) in [6.07, 6.45) is 1.60. The molecule has 0 saturated heterocycles. The van der Waals surface area contributed by atoms with Gasteiger partial charge in [0.1, 0.15) is 0 Å². The number of benzene rings is 2. The number of aromatic nitrogens is 4. The van der Waals surface area contributed by atoms with Crippen molar-refractivity contribution < 1.29 is 9.21 Å². The minimum absolute atomic E-state index is 0.119. The summed E-state index contributed by atoms with van der Waals surface area (Å²) < 4.78 is 7.41. The summed E-state index contributed by atoms with van der Waals surface area (Å²) >= 11 is 1.30. The van der Waals surface area contributed by atoms with E-state index in [2.05, 4.69) is 15.5 Å². The molecule has 0 aliphatic carbocycles. The quantitative estimate of drug-likeness (QED) is 0.443. The molecule has 3 aromatic heterocycles. The van der Waals surface area contributed by atoms with E-state index in [1.807, 2.05) is 71.1 Å². The molecule has 0 saturated carbocycles. The molecule has 142 valence electrons. The molecule has 7 nitrogen and oxygen atoms in total. The van der Waals surface area contributed by atoms with E-state index in [0.717, 1.165) is 16.6 Å². The Morgan fingerprint density at radius 3 is 2.66 bits per heavy atom. The Labute approximate surface area is 169 Å². The van der Waals surface area contributed by atoms with E-state index in [0.29, 0.717) is 22.4 Å². The molecular weight excluding hydrogens is 386 g/mol. The van der Waals surface area contributed by atoms with Gasteiger partial charge in [0.15, 0.2) is 22.4 Å². The zero-order chi connectivity index (χ0) is 19.6. The van der Waals surface area contributed by atoms with E-state index in [9.17, 15) is 4.79 Å². The summed E-state index contributed by atoms with van der Waals surface area (Å²) in [4.78, 5) is 17.1. The van der Waals surface area contributed by atoms with Gasteiger partial charge in [-0.2, -0.15) is 0 Å². The van der Waals surface area contributed by atoms with Crippen LogP contribution in [-0.4, -0.2) is 31.2 Å². The van der Waals surface area contributed by atoms with E-state index >= 15 is 0 Å². The summed E-state index contributed by atoms with van der Waals surface area (Å²) in [7, 11) is 0. The molecule has 5 aromatic rings. The van der Waals surface area contributed by atoms with E-state index in [-0.39, 0.29) is 11.7 Å². The molecule has 0 unspecified atom stereocenters. The largest absolute Gasteiger partial charge is 0.461 e. The number of rotatable bonds is 5. The lowest BCUT2D eigenvalue weighted by Gasteiger charge is -2.08. The smallest absolute Gasteiger partial charge is 0.234 e. The number of para-hydroxylation sites is 2. The molecule has 5 rings (SSSR count). The first kappa shape index (κ1) is 17.4. The number of thioether (sulfide) groups is 1. The second-order valence-corrected chi connectivity index (χ2v) is 7.22. The fourth-order valence-corrected chi connectivity index (χ4v) is 3.81. The standard InChI is InChI=1S/C21H15N5O2S/c27-18(22-14-7-2-1-3-8-14)13-29-21-25-24-19-15-9-4-5-10-16(15)23-20(26(19)21)17-11-6-12-28-17/h1-12H,13H2,(H,22,27). The van der Waals surface area contributed by atoms with Crippen LogP contribution in [0.1, 0.15) is 0 Å². The minimum Gasteiger partial charge on any atom is -0.461 e. The van der Waals surface area contributed by atoms with Crippen molar-refractivity contribution in [3.05, 3.63) is 73.0 Å². The van der Waals surface area contributed by atoms with Crippen molar-refractivity contribution in [2.45, 2.75) is 5.16 Å². The van der Waals surface area contributed by atoms with Crippen molar-refractivity contribution in [3.63, 3.8) is 0 Å². The monoisotopic (exact) mass is 401 g/mol. The SMILES string of the molecule is O=C(CSc1nnc2c3ccccc3nc(-c3ccco3)n12)Nc1ccccc1. The zero-order valence-corrected chi connectivity index (χ0v) is 16.0. The van der Waals surface area contributed by atoms with Gasteiger partial charge in [-0.1, -0.05) is 42.1 Å². The Hall–Kier alpha value is -3.65. The maximum atomic E-state index is 12.3. The highest BCUT2D eigenvalue weighted by Gasteiger charge is 2.18. The van der Waals surface area contributed by atoms with Crippen LogP contribution in [0.15, 0.2) is 82.6 Å². The Bertz CT molecular complexity index is 1300. The molecule has 1 amide bonds. The van der Waals surface area contributed by atoms with Crippen LogP contribution >= 0.6 is 11.8 Å². The van der Waals surface area contributed by atoms with E-state index < -0.39 is 0 Å². The summed E-state index contributed by atoms with van der Waals surface area (Å²) in [6.45, 7) is 0. The number of amides is 1. The first-order valence-corrected chi connectivity index (χ1v) is 9.93. The number of anilines is 1. The van der Waals surface area contributed by atoms with Crippen molar-refractivity contribution in [1.82, 2.24) is 19.6 Å². The van der Waals surface area contributed by atoms with Gasteiger partial charge in [-0.05, 0) is 36.4 Å². The van der Waals surface area contributed by atoms with Crippen molar-refractivity contribution in [2.75, 3.05) is 11.1 Å². The average Bonchev–Trinajstić information content (AvgIpc) is 3.43. The van der Waals surface area contributed by atoms with Gasteiger partial charge in [0.2, 0.25) is 5.91 Å². The minimum atomic E-state index is -0.119. The van der Waals surface area contributed by atoms with Crippen LogP contribution in [0.2, 0.25) is 0 Å². The van der Waals surface area contributed by atoms with Crippen molar-refractivity contribution >= 4 is 39.9 Å². The summed E-state index contributed by atoms with van der Waals surface area (Å²) in [6, 6.07) is 20.7.